The summed E-state index contributed by atoms with van der Waals surface area (Å²) in [6.07, 6.45) is -7.20. The Kier molecular flexibility index (Phi) is 4.92. The molecule has 0 radical (unpaired) electrons. The largest absolute Gasteiger partial charge is 0.497 e. The topological polar surface area (TPSA) is 41.5 Å². The van der Waals surface area contributed by atoms with E-state index in [1.54, 1.807) is 25.3 Å². The highest BCUT2D eigenvalue weighted by Gasteiger charge is 2.40. The molecule has 0 aliphatic rings. The van der Waals surface area contributed by atoms with Gasteiger partial charge in [-0.15, -0.1) is 0 Å². The summed E-state index contributed by atoms with van der Waals surface area (Å²) in [5.41, 5.74) is 0.948. The second-order valence-corrected chi connectivity index (χ2v) is 4.73. The average Bonchev–Trinajstić information content (AvgIpc) is 2.52. The summed E-state index contributed by atoms with van der Waals surface area (Å²) in [4.78, 5) is 0. The van der Waals surface area contributed by atoms with Crippen molar-refractivity contribution in [3.8, 4) is 5.75 Å². The summed E-state index contributed by atoms with van der Waals surface area (Å²) >= 11 is 0. The Bertz CT molecular complexity index is 612. The van der Waals surface area contributed by atoms with Crippen molar-refractivity contribution >= 4 is 5.69 Å². The number of nitrogens with one attached hydrogen (secondary N) is 1. The zero-order valence-corrected chi connectivity index (χ0v) is 11.9. The minimum absolute atomic E-state index is 0.191. The van der Waals surface area contributed by atoms with Crippen molar-refractivity contribution in [2.24, 2.45) is 0 Å². The maximum Gasteiger partial charge on any atom is 0.418 e. The lowest BCUT2D eigenvalue weighted by Gasteiger charge is -2.19. The average molecular weight is 311 g/mol. The van der Waals surface area contributed by atoms with Gasteiger partial charge in [0.2, 0.25) is 0 Å². The Hall–Kier alpha value is -2.21. The lowest BCUT2D eigenvalue weighted by molar-refractivity contribution is -0.206. The molecule has 0 heterocycles. The van der Waals surface area contributed by atoms with Gasteiger partial charge in [0.15, 0.2) is 6.10 Å². The SMILES string of the molecule is COc1ccc(CNc2ccccc2C(O)C(F)(F)F)cc1. The van der Waals surface area contributed by atoms with E-state index < -0.39 is 12.3 Å². The van der Waals surface area contributed by atoms with Gasteiger partial charge in [-0.2, -0.15) is 13.2 Å². The fourth-order valence-corrected chi connectivity index (χ4v) is 2.01. The monoisotopic (exact) mass is 311 g/mol. The fourth-order valence-electron chi connectivity index (χ4n) is 2.01. The van der Waals surface area contributed by atoms with E-state index in [0.29, 0.717) is 12.3 Å². The lowest BCUT2D eigenvalue weighted by Crippen LogP contribution is -2.21. The molecule has 0 aliphatic carbocycles. The van der Waals surface area contributed by atoms with Crippen molar-refractivity contribution in [1.29, 1.82) is 0 Å². The second kappa shape index (κ2) is 6.70. The van der Waals surface area contributed by atoms with Crippen molar-refractivity contribution in [2.45, 2.75) is 18.8 Å². The molecule has 0 aliphatic heterocycles. The minimum Gasteiger partial charge on any atom is -0.497 e. The molecular formula is C16H16F3NO2. The van der Waals surface area contributed by atoms with Crippen LogP contribution in [0.4, 0.5) is 18.9 Å². The summed E-state index contributed by atoms with van der Waals surface area (Å²) < 4.78 is 43.1. The van der Waals surface area contributed by atoms with Gasteiger partial charge < -0.3 is 15.2 Å². The molecule has 0 saturated carbocycles. The van der Waals surface area contributed by atoms with Gasteiger partial charge in [0, 0.05) is 17.8 Å². The Balaban J connectivity index is 2.12. The third kappa shape index (κ3) is 3.92. The molecule has 1 unspecified atom stereocenters. The van der Waals surface area contributed by atoms with Crippen LogP contribution in [-0.4, -0.2) is 18.4 Å². The van der Waals surface area contributed by atoms with Gasteiger partial charge in [0.05, 0.1) is 7.11 Å². The van der Waals surface area contributed by atoms with Crippen LogP contribution in [0.3, 0.4) is 0 Å². The van der Waals surface area contributed by atoms with E-state index in [2.05, 4.69) is 5.32 Å². The van der Waals surface area contributed by atoms with Gasteiger partial charge in [-0.05, 0) is 23.8 Å². The van der Waals surface area contributed by atoms with E-state index in [0.717, 1.165) is 5.56 Å². The Morgan fingerprint density at radius 3 is 2.32 bits per heavy atom. The highest BCUT2D eigenvalue weighted by atomic mass is 19.4. The van der Waals surface area contributed by atoms with Crippen molar-refractivity contribution < 1.29 is 23.0 Å². The number of ether oxygens (including phenoxy) is 1. The molecule has 2 aromatic rings. The number of benzene rings is 2. The second-order valence-electron chi connectivity index (χ2n) is 4.73. The molecule has 0 fully saturated rings. The number of rotatable bonds is 5. The van der Waals surface area contributed by atoms with E-state index in [1.165, 1.54) is 18.2 Å². The van der Waals surface area contributed by atoms with E-state index in [1.807, 2.05) is 12.1 Å². The van der Waals surface area contributed by atoms with Crippen LogP contribution in [-0.2, 0) is 6.54 Å². The van der Waals surface area contributed by atoms with Crippen molar-refractivity contribution in [2.75, 3.05) is 12.4 Å². The normalized spacial score (nSPS) is 12.8. The quantitative estimate of drug-likeness (QED) is 0.880. The first-order valence-corrected chi connectivity index (χ1v) is 6.62. The maximum absolute atomic E-state index is 12.7. The molecule has 1 atom stereocenters. The Labute approximate surface area is 126 Å². The molecule has 3 nitrogen and oxygen atoms in total. The van der Waals surface area contributed by atoms with Gasteiger partial charge in [-0.3, -0.25) is 0 Å². The predicted octanol–water partition coefficient (Wildman–Crippen LogP) is 3.90. The Morgan fingerprint density at radius 1 is 1.09 bits per heavy atom. The summed E-state index contributed by atoms with van der Waals surface area (Å²) in [5.74, 6) is 0.705. The molecule has 0 saturated heterocycles. The molecule has 0 bridgehead atoms. The van der Waals surface area contributed by atoms with Gasteiger partial charge in [0.25, 0.3) is 0 Å². The number of hydrogen-bond donors (Lipinski definition) is 2. The van der Waals surface area contributed by atoms with E-state index >= 15 is 0 Å². The number of anilines is 1. The van der Waals surface area contributed by atoms with Crippen LogP contribution in [0.25, 0.3) is 0 Å². The van der Waals surface area contributed by atoms with Crippen molar-refractivity contribution in [3.05, 3.63) is 59.7 Å². The number of hydrogen-bond acceptors (Lipinski definition) is 3. The van der Waals surface area contributed by atoms with Crippen LogP contribution in [0.15, 0.2) is 48.5 Å². The van der Waals surface area contributed by atoms with E-state index in [4.69, 9.17) is 4.74 Å². The summed E-state index contributed by atoms with van der Waals surface area (Å²) in [6, 6.07) is 13.0. The summed E-state index contributed by atoms with van der Waals surface area (Å²) in [7, 11) is 1.56. The lowest BCUT2D eigenvalue weighted by atomic mass is 10.1. The zero-order chi connectivity index (χ0) is 16.2. The number of methoxy groups -OCH3 is 1. The number of aliphatic hydroxyl groups excluding tert-OH is 1. The molecule has 118 valence electrons. The fraction of sp³-hybridized carbons (Fsp3) is 0.250. The maximum atomic E-state index is 12.7. The van der Waals surface area contributed by atoms with Crippen LogP contribution in [0, 0.1) is 0 Å². The van der Waals surface area contributed by atoms with Gasteiger partial charge in [0.1, 0.15) is 5.75 Å². The summed E-state index contributed by atoms with van der Waals surface area (Å²) in [5, 5.41) is 12.3. The molecule has 0 aromatic heterocycles. The molecule has 2 aromatic carbocycles. The number of aliphatic hydroxyl groups is 1. The van der Waals surface area contributed by atoms with E-state index in [9.17, 15) is 18.3 Å². The zero-order valence-electron chi connectivity index (χ0n) is 11.9. The molecular weight excluding hydrogens is 295 g/mol. The van der Waals surface area contributed by atoms with Crippen LogP contribution < -0.4 is 10.1 Å². The highest BCUT2D eigenvalue weighted by molar-refractivity contribution is 5.53. The van der Waals surface area contributed by atoms with Gasteiger partial charge >= 0.3 is 6.18 Å². The summed E-state index contributed by atoms with van der Waals surface area (Å²) in [6.45, 7) is 0.339. The van der Waals surface area contributed by atoms with Crippen molar-refractivity contribution in [1.82, 2.24) is 0 Å². The molecule has 0 amide bonds. The minimum atomic E-state index is -4.70. The van der Waals surface area contributed by atoms with E-state index in [-0.39, 0.29) is 11.3 Å². The molecule has 2 rings (SSSR count). The van der Waals surface area contributed by atoms with Crippen molar-refractivity contribution in [3.63, 3.8) is 0 Å². The number of para-hydroxylation sites is 1. The van der Waals surface area contributed by atoms with Gasteiger partial charge in [-0.1, -0.05) is 30.3 Å². The molecule has 2 N–H and O–H groups in total. The first-order chi connectivity index (χ1) is 10.4. The predicted molar refractivity (Wildman–Crippen MR) is 77.8 cm³/mol. The van der Waals surface area contributed by atoms with Gasteiger partial charge in [-0.25, -0.2) is 0 Å². The number of halogens is 3. The Morgan fingerprint density at radius 2 is 1.73 bits per heavy atom. The molecule has 6 heteroatoms. The van der Waals surface area contributed by atoms with Crippen LogP contribution in [0.5, 0.6) is 5.75 Å². The molecule has 0 spiro atoms. The smallest absolute Gasteiger partial charge is 0.418 e. The van der Waals surface area contributed by atoms with Crippen LogP contribution >= 0.6 is 0 Å². The third-order valence-electron chi connectivity index (χ3n) is 3.21. The first kappa shape index (κ1) is 16.2. The molecule has 22 heavy (non-hydrogen) atoms. The highest BCUT2D eigenvalue weighted by Crippen LogP contribution is 2.36. The third-order valence-corrected chi connectivity index (χ3v) is 3.21. The van der Waals surface area contributed by atoms with Crippen LogP contribution in [0.1, 0.15) is 17.2 Å². The van der Waals surface area contributed by atoms with Crippen LogP contribution in [0.2, 0.25) is 0 Å². The number of alkyl halides is 3. The first-order valence-electron chi connectivity index (χ1n) is 6.62. The standard InChI is InChI=1S/C16H16F3NO2/c1-22-12-8-6-11(7-9-12)10-20-14-5-3-2-4-13(14)15(21)16(17,18)19/h2-9,15,20-21H,10H2,1H3.